The second kappa shape index (κ2) is 6.32. The summed E-state index contributed by atoms with van der Waals surface area (Å²) < 4.78 is 12.7. The van der Waals surface area contributed by atoms with Gasteiger partial charge in [0, 0.05) is 18.7 Å². The summed E-state index contributed by atoms with van der Waals surface area (Å²) in [5.41, 5.74) is 0.730. The maximum Gasteiger partial charge on any atom is 0.305 e. The number of carbonyl (C=O) groups excluding carboxylic acids is 1. The summed E-state index contributed by atoms with van der Waals surface area (Å²) in [4.78, 5) is 24.4. The van der Waals surface area contributed by atoms with Crippen LogP contribution in [0.3, 0.4) is 0 Å². The lowest BCUT2D eigenvalue weighted by Gasteiger charge is -2.21. The summed E-state index contributed by atoms with van der Waals surface area (Å²) in [5.74, 6) is -1.41. The second-order valence-electron chi connectivity index (χ2n) is 4.81. The third-order valence-electron chi connectivity index (χ3n) is 3.36. The Hall–Kier alpha value is -2.17. The van der Waals surface area contributed by atoms with E-state index < -0.39 is 5.97 Å². The Morgan fingerprint density at radius 3 is 2.70 bits per heavy atom. The van der Waals surface area contributed by atoms with Crippen molar-refractivity contribution in [2.75, 3.05) is 6.54 Å². The minimum absolute atomic E-state index is 0.0177. The van der Waals surface area contributed by atoms with E-state index in [9.17, 15) is 14.0 Å². The van der Waals surface area contributed by atoms with Gasteiger partial charge in [-0.25, -0.2) is 4.39 Å². The number of halogens is 1. The van der Waals surface area contributed by atoms with E-state index in [1.807, 2.05) is 0 Å². The number of hydrogen-bond donors (Lipinski definition) is 1. The predicted molar refractivity (Wildman–Crippen MR) is 72.4 cm³/mol. The zero-order valence-electron chi connectivity index (χ0n) is 11.0. The molecule has 1 heterocycles. The number of aliphatic carboxylic acids is 1. The fraction of sp³-hybridized carbons (Fsp3) is 0.333. The molecule has 1 aliphatic heterocycles. The van der Waals surface area contributed by atoms with Gasteiger partial charge in [-0.05, 0) is 36.6 Å². The minimum atomic E-state index is -0.891. The van der Waals surface area contributed by atoms with Gasteiger partial charge >= 0.3 is 5.97 Å². The molecular weight excluding hydrogens is 261 g/mol. The van der Waals surface area contributed by atoms with E-state index >= 15 is 0 Å². The fourth-order valence-corrected chi connectivity index (χ4v) is 2.38. The van der Waals surface area contributed by atoms with Crippen molar-refractivity contribution in [2.45, 2.75) is 25.3 Å². The lowest BCUT2D eigenvalue weighted by molar-refractivity contribution is -0.139. The summed E-state index contributed by atoms with van der Waals surface area (Å²) >= 11 is 0. The first-order valence-corrected chi connectivity index (χ1v) is 6.52. The first-order chi connectivity index (χ1) is 9.56. The van der Waals surface area contributed by atoms with Crippen LogP contribution < -0.4 is 0 Å². The van der Waals surface area contributed by atoms with E-state index in [1.54, 1.807) is 23.1 Å². The number of carboxylic acid groups (broad SMARTS) is 1. The topological polar surface area (TPSA) is 57.6 Å². The number of benzene rings is 1. The number of nitrogens with zero attached hydrogens (tertiary/aromatic N) is 1. The number of amides is 1. The van der Waals surface area contributed by atoms with Crippen LogP contribution in [0.4, 0.5) is 4.39 Å². The van der Waals surface area contributed by atoms with Crippen molar-refractivity contribution >= 4 is 18.0 Å². The molecule has 106 valence electrons. The maximum atomic E-state index is 12.7. The molecule has 4 nitrogen and oxygen atoms in total. The van der Waals surface area contributed by atoms with Crippen LogP contribution >= 0.6 is 0 Å². The van der Waals surface area contributed by atoms with Gasteiger partial charge in [0.25, 0.3) is 0 Å². The summed E-state index contributed by atoms with van der Waals surface area (Å²) in [7, 11) is 0. The molecule has 0 saturated carbocycles. The number of hydrogen-bond acceptors (Lipinski definition) is 2. The lowest BCUT2D eigenvalue weighted by Crippen LogP contribution is -2.35. The van der Waals surface area contributed by atoms with Gasteiger partial charge in [0.15, 0.2) is 0 Å². The number of likely N-dealkylation sites (tertiary alicyclic amines) is 1. The van der Waals surface area contributed by atoms with E-state index in [0.717, 1.165) is 18.4 Å². The van der Waals surface area contributed by atoms with Crippen LogP contribution in [0.2, 0.25) is 0 Å². The van der Waals surface area contributed by atoms with Crippen LogP contribution in [0.25, 0.3) is 6.08 Å². The van der Waals surface area contributed by atoms with Crippen LogP contribution in [-0.2, 0) is 9.59 Å². The van der Waals surface area contributed by atoms with E-state index in [1.165, 1.54) is 18.2 Å². The van der Waals surface area contributed by atoms with Crippen LogP contribution in [0.5, 0.6) is 0 Å². The first kappa shape index (κ1) is 14.2. The Morgan fingerprint density at radius 2 is 2.05 bits per heavy atom. The molecule has 0 radical (unpaired) electrons. The molecule has 1 aromatic carbocycles. The molecule has 0 aliphatic carbocycles. The third-order valence-corrected chi connectivity index (χ3v) is 3.36. The fourth-order valence-electron chi connectivity index (χ4n) is 2.38. The predicted octanol–water partition coefficient (Wildman–Crippen LogP) is 2.30. The van der Waals surface area contributed by atoms with Crippen LogP contribution in [0, 0.1) is 5.82 Å². The molecule has 1 aromatic rings. The number of carboxylic acids is 1. The van der Waals surface area contributed by atoms with Crippen LogP contribution in [0.15, 0.2) is 30.3 Å². The minimum Gasteiger partial charge on any atom is -0.481 e. The highest BCUT2D eigenvalue weighted by Gasteiger charge is 2.28. The Kier molecular flexibility index (Phi) is 4.50. The molecule has 1 N–H and O–H groups in total. The van der Waals surface area contributed by atoms with Crippen molar-refractivity contribution in [1.82, 2.24) is 4.90 Å². The highest BCUT2D eigenvalue weighted by molar-refractivity contribution is 5.92. The van der Waals surface area contributed by atoms with Crippen molar-refractivity contribution in [3.8, 4) is 0 Å². The normalized spacial score (nSPS) is 18.6. The van der Waals surface area contributed by atoms with Gasteiger partial charge in [-0.3, -0.25) is 9.59 Å². The quantitative estimate of drug-likeness (QED) is 0.859. The maximum absolute atomic E-state index is 12.7. The zero-order chi connectivity index (χ0) is 14.5. The third kappa shape index (κ3) is 3.66. The highest BCUT2D eigenvalue weighted by atomic mass is 19.1. The molecule has 1 amide bonds. The van der Waals surface area contributed by atoms with Gasteiger partial charge in [-0.2, -0.15) is 0 Å². The molecule has 0 spiro atoms. The SMILES string of the molecule is O=C(O)CC1CCCN1C(=O)C=Cc1ccc(F)cc1. The molecular formula is C15H16FNO3. The monoisotopic (exact) mass is 277 g/mol. The lowest BCUT2D eigenvalue weighted by atomic mass is 10.1. The van der Waals surface area contributed by atoms with Gasteiger partial charge in [0.05, 0.1) is 6.42 Å². The first-order valence-electron chi connectivity index (χ1n) is 6.52. The van der Waals surface area contributed by atoms with E-state index in [-0.39, 0.29) is 24.2 Å². The number of rotatable bonds is 4. The van der Waals surface area contributed by atoms with Gasteiger partial charge in [0.2, 0.25) is 5.91 Å². The van der Waals surface area contributed by atoms with E-state index in [2.05, 4.69) is 0 Å². The summed E-state index contributed by atoms with van der Waals surface area (Å²) in [6.45, 7) is 0.588. The smallest absolute Gasteiger partial charge is 0.305 e. The molecule has 5 heteroatoms. The Labute approximate surface area is 116 Å². The molecule has 1 aliphatic rings. The largest absolute Gasteiger partial charge is 0.481 e. The summed E-state index contributed by atoms with van der Waals surface area (Å²) in [6, 6.07) is 5.59. The molecule has 2 rings (SSSR count). The van der Waals surface area contributed by atoms with Crippen molar-refractivity contribution in [3.63, 3.8) is 0 Å². The Morgan fingerprint density at radius 1 is 1.35 bits per heavy atom. The standard InChI is InChI=1S/C15H16FNO3/c16-12-6-3-11(4-7-12)5-8-14(18)17-9-1-2-13(17)10-15(19)20/h3-8,13H,1-2,9-10H2,(H,19,20). The molecule has 0 bridgehead atoms. The average molecular weight is 277 g/mol. The van der Waals surface area contributed by atoms with Crippen molar-refractivity contribution in [2.24, 2.45) is 0 Å². The number of carbonyl (C=O) groups is 2. The zero-order valence-corrected chi connectivity index (χ0v) is 11.0. The van der Waals surface area contributed by atoms with Crippen molar-refractivity contribution < 1.29 is 19.1 Å². The van der Waals surface area contributed by atoms with Gasteiger partial charge in [0.1, 0.15) is 5.82 Å². The van der Waals surface area contributed by atoms with E-state index in [4.69, 9.17) is 5.11 Å². The summed E-state index contributed by atoms with van der Waals surface area (Å²) in [5, 5.41) is 8.82. The van der Waals surface area contributed by atoms with Crippen LogP contribution in [0.1, 0.15) is 24.8 Å². The van der Waals surface area contributed by atoms with Gasteiger partial charge < -0.3 is 10.0 Å². The molecule has 20 heavy (non-hydrogen) atoms. The van der Waals surface area contributed by atoms with E-state index in [0.29, 0.717) is 6.54 Å². The van der Waals surface area contributed by atoms with Crippen molar-refractivity contribution in [1.29, 1.82) is 0 Å². The average Bonchev–Trinajstić information content (AvgIpc) is 2.85. The summed E-state index contributed by atoms with van der Waals surface area (Å²) in [6.07, 6.45) is 4.55. The Bertz CT molecular complexity index is 524. The molecule has 1 atom stereocenters. The van der Waals surface area contributed by atoms with Crippen LogP contribution in [-0.4, -0.2) is 34.5 Å². The molecule has 1 fully saturated rings. The highest BCUT2D eigenvalue weighted by Crippen LogP contribution is 2.20. The van der Waals surface area contributed by atoms with Gasteiger partial charge in [-0.1, -0.05) is 12.1 Å². The van der Waals surface area contributed by atoms with Gasteiger partial charge in [-0.15, -0.1) is 0 Å². The van der Waals surface area contributed by atoms with Crippen molar-refractivity contribution in [3.05, 3.63) is 41.7 Å². The second-order valence-corrected chi connectivity index (χ2v) is 4.81. The molecule has 1 unspecified atom stereocenters. The Balaban J connectivity index is 2.00. The molecule has 1 saturated heterocycles. The molecule has 0 aromatic heterocycles.